The van der Waals surface area contributed by atoms with Gasteiger partial charge in [-0.25, -0.2) is 0 Å². The van der Waals surface area contributed by atoms with Gasteiger partial charge in [0.15, 0.2) is 0 Å². The first-order chi connectivity index (χ1) is 8.19. The van der Waals surface area contributed by atoms with Gasteiger partial charge < -0.3 is 10.4 Å². The van der Waals surface area contributed by atoms with Gasteiger partial charge in [0.25, 0.3) is 0 Å². The zero-order valence-electron chi connectivity index (χ0n) is 9.85. The van der Waals surface area contributed by atoms with Crippen LogP contribution in [0, 0.1) is 5.92 Å². The topological polar surface area (TPSA) is 49.3 Å². The number of benzene rings is 1. The molecule has 0 amide bonds. The number of carboxylic acids is 1. The maximum atomic E-state index is 11.5. The number of aliphatic carboxylic acids is 1. The smallest absolute Gasteiger partial charge is 0.325 e. The van der Waals surface area contributed by atoms with Gasteiger partial charge >= 0.3 is 5.97 Å². The van der Waals surface area contributed by atoms with Gasteiger partial charge in [0.05, 0.1) is 0 Å². The van der Waals surface area contributed by atoms with E-state index < -0.39 is 11.5 Å². The van der Waals surface area contributed by atoms with E-state index in [1.807, 2.05) is 30.3 Å². The van der Waals surface area contributed by atoms with Gasteiger partial charge in [-0.3, -0.25) is 4.79 Å². The Morgan fingerprint density at radius 2 is 2.12 bits per heavy atom. The van der Waals surface area contributed by atoms with Crippen LogP contribution < -0.4 is 5.32 Å². The van der Waals surface area contributed by atoms with Crippen LogP contribution in [0.3, 0.4) is 0 Å². The standard InChI is InChI=1S/C13H17NO2S/c1-14-13(12(15)16,10-7-8-10)9-17-11-5-3-2-4-6-11/h2-6,10,14H,7-9H2,1H3,(H,15,16). The highest BCUT2D eigenvalue weighted by Crippen LogP contribution is 2.42. The summed E-state index contributed by atoms with van der Waals surface area (Å²) in [6.07, 6.45) is 2.03. The second kappa shape index (κ2) is 5.10. The van der Waals surface area contributed by atoms with Crippen LogP contribution >= 0.6 is 11.8 Å². The first-order valence-corrected chi connectivity index (χ1v) is 6.78. The molecule has 0 bridgehead atoms. The van der Waals surface area contributed by atoms with Crippen LogP contribution in [0.2, 0.25) is 0 Å². The van der Waals surface area contributed by atoms with Crippen LogP contribution in [-0.4, -0.2) is 29.4 Å². The van der Waals surface area contributed by atoms with E-state index in [1.54, 1.807) is 18.8 Å². The van der Waals surface area contributed by atoms with Crippen molar-refractivity contribution in [2.24, 2.45) is 5.92 Å². The van der Waals surface area contributed by atoms with E-state index in [0.717, 1.165) is 17.7 Å². The number of thioether (sulfide) groups is 1. The van der Waals surface area contributed by atoms with Crippen molar-refractivity contribution >= 4 is 17.7 Å². The molecule has 2 N–H and O–H groups in total. The molecule has 3 nitrogen and oxygen atoms in total. The van der Waals surface area contributed by atoms with Crippen LogP contribution in [0.15, 0.2) is 35.2 Å². The van der Waals surface area contributed by atoms with E-state index in [-0.39, 0.29) is 5.92 Å². The fourth-order valence-electron chi connectivity index (χ4n) is 2.03. The minimum absolute atomic E-state index is 0.279. The van der Waals surface area contributed by atoms with Crippen LogP contribution in [0.1, 0.15) is 12.8 Å². The lowest BCUT2D eigenvalue weighted by molar-refractivity contribution is -0.144. The third-order valence-corrected chi connectivity index (χ3v) is 4.52. The minimum Gasteiger partial charge on any atom is -0.480 e. The molecule has 1 aromatic carbocycles. The minimum atomic E-state index is -0.763. The number of hydrogen-bond donors (Lipinski definition) is 2. The molecule has 2 rings (SSSR count). The molecule has 17 heavy (non-hydrogen) atoms. The largest absolute Gasteiger partial charge is 0.480 e. The molecule has 1 fully saturated rings. The Balaban J connectivity index is 2.06. The third kappa shape index (κ3) is 2.64. The van der Waals surface area contributed by atoms with Gasteiger partial charge in [0.1, 0.15) is 5.54 Å². The summed E-state index contributed by atoms with van der Waals surface area (Å²) in [7, 11) is 1.75. The molecule has 0 radical (unpaired) electrons. The predicted octanol–water partition coefficient (Wildman–Crippen LogP) is 2.23. The monoisotopic (exact) mass is 251 g/mol. The second-order valence-electron chi connectivity index (χ2n) is 4.40. The van der Waals surface area contributed by atoms with Crippen molar-refractivity contribution in [3.8, 4) is 0 Å². The molecule has 0 saturated heterocycles. The average Bonchev–Trinajstić information content (AvgIpc) is 3.16. The van der Waals surface area contributed by atoms with Crippen molar-refractivity contribution in [1.82, 2.24) is 5.32 Å². The number of nitrogens with one attached hydrogen (secondary N) is 1. The number of hydrogen-bond acceptors (Lipinski definition) is 3. The molecular weight excluding hydrogens is 234 g/mol. The third-order valence-electron chi connectivity index (χ3n) is 3.31. The molecule has 1 saturated carbocycles. The molecule has 1 atom stereocenters. The van der Waals surface area contributed by atoms with E-state index in [1.165, 1.54) is 0 Å². The van der Waals surface area contributed by atoms with Crippen molar-refractivity contribution in [2.75, 3.05) is 12.8 Å². The SMILES string of the molecule is CNC(CSc1ccccc1)(C(=O)O)C1CC1. The number of likely N-dealkylation sites (N-methyl/N-ethyl adjacent to an activating group) is 1. The van der Waals surface area contributed by atoms with Crippen molar-refractivity contribution in [2.45, 2.75) is 23.3 Å². The Labute approximate surface area is 106 Å². The summed E-state index contributed by atoms with van der Waals surface area (Å²) in [4.78, 5) is 12.6. The number of carboxylic acid groups (broad SMARTS) is 1. The van der Waals surface area contributed by atoms with E-state index in [4.69, 9.17) is 0 Å². The first kappa shape index (κ1) is 12.5. The highest BCUT2D eigenvalue weighted by atomic mass is 32.2. The fraction of sp³-hybridized carbons (Fsp3) is 0.462. The Morgan fingerprint density at radius 1 is 1.47 bits per heavy atom. The summed E-state index contributed by atoms with van der Waals surface area (Å²) >= 11 is 1.61. The molecule has 1 aliphatic rings. The Bertz CT molecular complexity index is 392. The van der Waals surface area contributed by atoms with Crippen molar-refractivity contribution in [3.05, 3.63) is 30.3 Å². The van der Waals surface area contributed by atoms with E-state index in [2.05, 4.69) is 5.32 Å². The molecule has 4 heteroatoms. The highest BCUT2D eigenvalue weighted by molar-refractivity contribution is 7.99. The fourth-order valence-corrected chi connectivity index (χ4v) is 3.27. The lowest BCUT2D eigenvalue weighted by Crippen LogP contribution is -2.54. The maximum Gasteiger partial charge on any atom is 0.325 e. The van der Waals surface area contributed by atoms with E-state index in [0.29, 0.717) is 5.75 Å². The van der Waals surface area contributed by atoms with Crippen molar-refractivity contribution in [3.63, 3.8) is 0 Å². The highest BCUT2D eigenvalue weighted by Gasteiger charge is 2.50. The maximum absolute atomic E-state index is 11.5. The summed E-state index contributed by atoms with van der Waals surface area (Å²) in [6, 6.07) is 9.94. The zero-order valence-corrected chi connectivity index (χ0v) is 10.7. The van der Waals surface area contributed by atoms with E-state index in [9.17, 15) is 9.90 Å². The Morgan fingerprint density at radius 3 is 2.59 bits per heavy atom. The predicted molar refractivity (Wildman–Crippen MR) is 69.3 cm³/mol. The second-order valence-corrected chi connectivity index (χ2v) is 5.45. The average molecular weight is 251 g/mol. The van der Waals surface area contributed by atoms with Crippen molar-refractivity contribution in [1.29, 1.82) is 0 Å². The number of rotatable bonds is 6. The molecule has 1 unspecified atom stereocenters. The normalized spacial score (nSPS) is 18.6. The number of carbonyl (C=O) groups is 1. The quantitative estimate of drug-likeness (QED) is 0.761. The van der Waals surface area contributed by atoms with Gasteiger partial charge in [-0.05, 0) is 37.9 Å². The van der Waals surface area contributed by atoms with Crippen LogP contribution in [0.4, 0.5) is 0 Å². The van der Waals surface area contributed by atoms with Crippen molar-refractivity contribution < 1.29 is 9.90 Å². The summed E-state index contributed by atoms with van der Waals surface area (Å²) in [5.41, 5.74) is -0.763. The Kier molecular flexibility index (Phi) is 3.74. The molecule has 1 aliphatic carbocycles. The summed E-state index contributed by atoms with van der Waals surface area (Å²) in [6.45, 7) is 0. The molecule has 0 heterocycles. The lowest BCUT2D eigenvalue weighted by atomic mass is 9.96. The first-order valence-electron chi connectivity index (χ1n) is 5.79. The van der Waals surface area contributed by atoms with Gasteiger partial charge in [0.2, 0.25) is 0 Å². The molecule has 0 aliphatic heterocycles. The van der Waals surface area contributed by atoms with Crippen LogP contribution in [0.5, 0.6) is 0 Å². The van der Waals surface area contributed by atoms with E-state index >= 15 is 0 Å². The van der Waals surface area contributed by atoms with Crippen LogP contribution in [0.25, 0.3) is 0 Å². The molecular formula is C13H17NO2S. The van der Waals surface area contributed by atoms with Crippen LogP contribution in [-0.2, 0) is 4.79 Å². The molecule has 0 aromatic heterocycles. The van der Waals surface area contributed by atoms with Gasteiger partial charge in [-0.2, -0.15) is 0 Å². The molecule has 1 aromatic rings. The van der Waals surface area contributed by atoms with Gasteiger partial charge in [-0.1, -0.05) is 18.2 Å². The zero-order chi connectivity index (χ0) is 12.3. The lowest BCUT2D eigenvalue weighted by Gasteiger charge is -2.28. The van der Waals surface area contributed by atoms with Gasteiger partial charge in [-0.15, -0.1) is 11.8 Å². The molecule has 92 valence electrons. The summed E-state index contributed by atoms with van der Waals surface area (Å²) in [5, 5.41) is 12.5. The van der Waals surface area contributed by atoms with Gasteiger partial charge in [0, 0.05) is 10.6 Å². The summed E-state index contributed by atoms with van der Waals surface area (Å²) < 4.78 is 0. The molecule has 0 spiro atoms. The Hall–Kier alpha value is -1.00. The summed E-state index contributed by atoms with van der Waals surface area (Å²) in [5.74, 6) is 0.125.